The second-order valence-corrected chi connectivity index (χ2v) is 6.41. The Morgan fingerprint density at radius 1 is 1.24 bits per heavy atom. The zero-order valence-corrected chi connectivity index (χ0v) is 13.8. The van der Waals surface area contributed by atoms with E-state index in [1.807, 2.05) is 26.1 Å². The van der Waals surface area contributed by atoms with Gasteiger partial charge in [-0.25, -0.2) is 0 Å². The largest absolute Gasteiger partial charge is 0.491 e. The van der Waals surface area contributed by atoms with Crippen molar-refractivity contribution >= 4 is 5.91 Å². The summed E-state index contributed by atoms with van der Waals surface area (Å²) < 4.78 is 5.71. The molecule has 1 unspecified atom stereocenters. The Labute approximate surface area is 128 Å². The SMILES string of the molecule is CNCCC(=O)NC(C)COc1ccc(C(C)(C)C)cc1. The van der Waals surface area contributed by atoms with Crippen molar-refractivity contribution < 1.29 is 9.53 Å². The van der Waals surface area contributed by atoms with Crippen molar-refractivity contribution in [2.75, 3.05) is 20.2 Å². The number of hydrogen-bond donors (Lipinski definition) is 2. The topological polar surface area (TPSA) is 50.4 Å². The summed E-state index contributed by atoms with van der Waals surface area (Å²) in [4.78, 5) is 11.6. The second kappa shape index (κ2) is 8.03. The number of nitrogens with one attached hydrogen (secondary N) is 2. The quantitative estimate of drug-likeness (QED) is 0.812. The molecule has 2 N–H and O–H groups in total. The number of ether oxygens (including phenoxy) is 1. The van der Waals surface area contributed by atoms with Crippen LogP contribution in [-0.4, -0.2) is 32.1 Å². The van der Waals surface area contributed by atoms with Gasteiger partial charge in [0, 0.05) is 13.0 Å². The Balaban J connectivity index is 2.39. The van der Waals surface area contributed by atoms with Gasteiger partial charge in [-0.3, -0.25) is 4.79 Å². The summed E-state index contributed by atoms with van der Waals surface area (Å²) in [5.41, 5.74) is 1.43. The predicted molar refractivity (Wildman–Crippen MR) is 86.8 cm³/mol. The minimum Gasteiger partial charge on any atom is -0.491 e. The maximum Gasteiger partial charge on any atom is 0.221 e. The van der Waals surface area contributed by atoms with Crippen LogP contribution >= 0.6 is 0 Å². The van der Waals surface area contributed by atoms with Crippen LogP contribution in [0.25, 0.3) is 0 Å². The molecule has 0 aromatic heterocycles. The van der Waals surface area contributed by atoms with Crippen molar-refractivity contribution in [3.05, 3.63) is 29.8 Å². The van der Waals surface area contributed by atoms with E-state index in [9.17, 15) is 4.79 Å². The third-order valence-electron chi connectivity index (χ3n) is 3.23. The Bertz CT molecular complexity index is 435. The lowest BCUT2D eigenvalue weighted by Crippen LogP contribution is -2.37. The van der Waals surface area contributed by atoms with Crippen LogP contribution in [0.3, 0.4) is 0 Å². The van der Waals surface area contributed by atoms with Crippen molar-refractivity contribution in [1.29, 1.82) is 0 Å². The highest BCUT2D eigenvalue weighted by Crippen LogP contribution is 2.24. The van der Waals surface area contributed by atoms with Crippen molar-refractivity contribution in [3.8, 4) is 5.75 Å². The number of carbonyl (C=O) groups excluding carboxylic acids is 1. The summed E-state index contributed by atoms with van der Waals surface area (Å²) in [5.74, 6) is 0.878. The van der Waals surface area contributed by atoms with E-state index in [1.165, 1.54) is 5.56 Å². The first-order valence-electron chi connectivity index (χ1n) is 7.50. The maximum absolute atomic E-state index is 11.6. The van der Waals surface area contributed by atoms with Crippen LogP contribution in [0.1, 0.15) is 39.7 Å². The Morgan fingerprint density at radius 3 is 2.38 bits per heavy atom. The lowest BCUT2D eigenvalue weighted by Gasteiger charge is -2.20. The molecule has 0 spiro atoms. The minimum atomic E-state index is -0.00310. The molecule has 0 fully saturated rings. The molecule has 1 atom stereocenters. The summed E-state index contributed by atoms with van der Waals surface area (Å²) in [7, 11) is 1.83. The zero-order chi connectivity index (χ0) is 15.9. The van der Waals surface area contributed by atoms with Crippen LogP contribution in [0.15, 0.2) is 24.3 Å². The molecule has 4 heteroatoms. The minimum absolute atomic E-state index is 0.00310. The lowest BCUT2D eigenvalue weighted by atomic mass is 9.87. The summed E-state index contributed by atoms with van der Waals surface area (Å²) in [6.07, 6.45) is 0.487. The van der Waals surface area contributed by atoms with Gasteiger partial charge in [-0.2, -0.15) is 0 Å². The normalized spacial score (nSPS) is 12.8. The molecule has 0 saturated heterocycles. The van der Waals surface area contributed by atoms with Gasteiger partial charge in [0.15, 0.2) is 0 Å². The van der Waals surface area contributed by atoms with Gasteiger partial charge in [-0.15, -0.1) is 0 Å². The fourth-order valence-corrected chi connectivity index (χ4v) is 1.90. The molecule has 118 valence electrons. The second-order valence-electron chi connectivity index (χ2n) is 6.41. The van der Waals surface area contributed by atoms with Crippen LogP contribution < -0.4 is 15.4 Å². The Hall–Kier alpha value is -1.55. The summed E-state index contributed by atoms with van der Waals surface area (Å²) in [5, 5.41) is 5.87. The van der Waals surface area contributed by atoms with Crippen LogP contribution in [0.5, 0.6) is 5.75 Å². The monoisotopic (exact) mass is 292 g/mol. The van der Waals surface area contributed by atoms with Gasteiger partial charge in [0.05, 0.1) is 6.04 Å². The van der Waals surface area contributed by atoms with E-state index in [0.717, 1.165) is 5.75 Å². The maximum atomic E-state index is 11.6. The number of carbonyl (C=O) groups is 1. The molecule has 4 nitrogen and oxygen atoms in total. The van der Waals surface area contributed by atoms with E-state index in [-0.39, 0.29) is 17.4 Å². The molecule has 0 radical (unpaired) electrons. The summed E-state index contributed by atoms with van der Waals surface area (Å²) in [6.45, 7) is 9.66. The highest BCUT2D eigenvalue weighted by atomic mass is 16.5. The molecule has 0 aliphatic rings. The third-order valence-corrected chi connectivity index (χ3v) is 3.23. The van der Waals surface area contributed by atoms with Crippen LogP contribution in [0.4, 0.5) is 0 Å². The number of amides is 1. The van der Waals surface area contributed by atoms with Gasteiger partial charge in [-0.1, -0.05) is 32.9 Å². The molecule has 0 saturated carbocycles. The molecule has 0 bridgehead atoms. The van der Waals surface area contributed by atoms with Gasteiger partial charge in [0.1, 0.15) is 12.4 Å². The molecule has 1 aromatic rings. The molecule has 0 heterocycles. The first-order valence-corrected chi connectivity index (χ1v) is 7.50. The smallest absolute Gasteiger partial charge is 0.221 e. The average molecular weight is 292 g/mol. The van der Waals surface area contributed by atoms with E-state index < -0.39 is 0 Å². The van der Waals surface area contributed by atoms with E-state index in [4.69, 9.17) is 4.74 Å². The van der Waals surface area contributed by atoms with E-state index in [1.54, 1.807) is 0 Å². The molecule has 1 aromatic carbocycles. The first kappa shape index (κ1) is 17.5. The fourth-order valence-electron chi connectivity index (χ4n) is 1.90. The number of hydrogen-bond acceptors (Lipinski definition) is 3. The van der Waals surface area contributed by atoms with Gasteiger partial charge < -0.3 is 15.4 Å². The van der Waals surface area contributed by atoms with E-state index >= 15 is 0 Å². The summed E-state index contributed by atoms with van der Waals surface area (Å²) >= 11 is 0. The molecular formula is C17H28N2O2. The van der Waals surface area contributed by atoms with Crippen molar-refractivity contribution in [3.63, 3.8) is 0 Å². The molecule has 21 heavy (non-hydrogen) atoms. The molecule has 0 aliphatic heterocycles. The van der Waals surface area contributed by atoms with Crippen molar-refractivity contribution in [1.82, 2.24) is 10.6 Å². The van der Waals surface area contributed by atoms with E-state index in [0.29, 0.717) is 19.6 Å². The Kier molecular flexibility index (Phi) is 6.69. The van der Waals surface area contributed by atoms with Gasteiger partial charge in [0.25, 0.3) is 0 Å². The standard InChI is InChI=1S/C17H28N2O2/c1-13(19-16(20)10-11-18-5)12-21-15-8-6-14(7-9-15)17(2,3)4/h6-9,13,18H,10-12H2,1-5H3,(H,19,20). The average Bonchev–Trinajstić information content (AvgIpc) is 2.42. The molecular weight excluding hydrogens is 264 g/mol. The van der Waals surface area contributed by atoms with Crippen molar-refractivity contribution in [2.45, 2.75) is 45.6 Å². The Morgan fingerprint density at radius 2 is 1.86 bits per heavy atom. The van der Waals surface area contributed by atoms with Crippen LogP contribution in [0, 0.1) is 0 Å². The number of rotatable bonds is 7. The summed E-state index contributed by atoms with van der Waals surface area (Å²) in [6, 6.07) is 8.14. The van der Waals surface area contributed by atoms with Crippen molar-refractivity contribution in [2.24, 2.45) is 0 Å². The molecule has 1 amide bonds. The predicted octanol–water partition coefficient (Wildman–Crippen LogP) is 2.48. The van der Waals surface area contributed by atoms with E-state index in [2.05, 4.69) is 43.5 Å². The van der Waals surface area contributed by atoms with Crippen LogP contribution in [0.2, 0.25) is 0 Å². The van der Waals surface area contributed by atoms with Gasteiger partial charge in [-0.05, 0) is 37.1 Å². The molecule has 1 rings (SSSR count). The van der Waals surface area contributed by atoms with Crippen LogP contribution in [-0.2, 0) is 10.2 Å². The highest BCUT2D eigenvalue weighted by Gasteiger charge is 2.13. The molecule has 0 aliphatic carbocycles. The fraction of sp³-hybridized carbons (Fsp3) is 0.588. The first-order chi connectivity index (χ1) is 9.82. The van der Waals surface area contributed by atoms with Gasteiger partial charge >= 0.3 is 0 Å². The number of benzene rings is 1. The third kappa shape index (κ3) is 6.63. The van der Waals surface area contributed by atoms with Gasteiger partial charge in [0.2, 0.25) is 5.91 Å². The zero-order valence-electron chi connectivity index (χ0n) is 13.8. The lowest BCUT2D eigenvalue weighted by molar-refractivity contribution is -0.121. The highest BCUT2D eigenvalue weighted by molar-refractivity contribution is 5.76.